The van der Waals surface area contributed by atoms with Gasteiger partial charge in [-0.25, -0.2) is 9.07 Å². The Morgan fingerprint density at radius 3 is 2.54 bits per heavy atom. The Kier molecular flexibility index (Phi) is 5.06. The van der Waals surface area contributed by atoms with Crippen LogP contribution >= 0.6 is 0 Å². The third-order valence-electron chi connectivity index (χ3n) is 5.07. The molecule has 0 atom stereocenters. The van der Waals surface area contributed by atoms with Crippen LogP contribution in [-0.4, -0.2) is 33.7 Å². The number of halogens is 1. The number of nitrogens with zero attached hydrogens (tertiary/aromatic N) is 3. The molecule has 1 aromatic carbocycles. The van der Waals surface area contributed by atoms with Crippen LogP contribution in [0.2, 0.25) is 0 Å². The summed E-state index contributed by atoms with van der Waals surface area (Å²) in [6.07, 6.45) is 3.08. The molecule has 0 radical (unpaired) electrons. The van der Waals surface area contributed by atoms with Gasteiger partial charge in [-0.1, -0.05) is 0 Å². The van der Waals surface area contributed by atoms with Gasteiger partial charge in [-0.3, -0.25) is 9.59 Å². The van der Waals surface area contributed by atoms with E-state index < -0.39 is 0 Å². The van der Waals surface area contributed by atoms with Gasteiger partial charge in [0, 0.05) is 31.3 Å². The van der Waals surface area contributed by atoms with E-state index in [1.165, 1.54) is 29.1 Å². The Bertz CT molecular complexity index is 1000. The molecule has 144 valence electrons. The lowest BCUT2D eigenvalue weighted by Gasteiger charge is -2.31. The molecule has 4 rings (SSSR count). The maximum absolute atomic E-state index is 13.1. The zero-order chi connectivity index (χ0) is 19.5. The highest BCUT2D eigenvalue weighted by atomic mass is 19.1. The van der Waals surface area contributed by atoms with E-state index in [2.05, 4.69) is 5.10 Å². The normalized spacial score (nSPS) is 15.0. The summed E-state index contributed by atoms with van der Waals surface area (Å²) < 4.78 is 19.8. The maximum Gasteiger partial charge on any atom is 0.289 e. The molecular formula is C21H20FN3O3. The third kappa shape index (κ3) is 3.88. The first-order valence-corrected chi connectivity index (χ1v) is 9.27. The molecule has 3 aromatic rings. The summed E-state index contributed by atoms with van der Waals surface area (Å²) in [7, 11) is 0. The molecule has 0 spiro atoms. The number of hydrogen-bond acceptors (Lipinski definition) is 4. The van der Waals surface area contributed by atoms with Crippen LogP contribution in [0.3, 0.4) is 0 Å². The van der Waals surface area contributed by atoms with E-state index in [1.807, 2.05) is 0 Å². The van der Waals surface area contributed by atoms with Crippen LogP contribution < -0.4 is 5.56 Å². The van der Waals surface area contributed by atoms with Crippen molar-refractivity contribution >= 4 is 5.91 Å². The van der Waals surface area contributed by atoms with E-state index in [1.54, 1.807) is 35.2 Å². The average molecular weight is 381 g/mol. The molecule has 1 aliphatic rings. The van der Waals surface area contributed by atoms with Crippen LogP contribution in [0.5, 0.6) is 0 Å². The molecular weight excluding hydrogens is 361 g/mol. The number of carbonyl (C=O) groups is 1. The van der Waals surface area contributed by atoms with Gasteiger partial charge in [0.1, 0.15) is 5.82 Å². The summed E-state index contributed by atoms with van der Waals surface area (Å²) in [6, 6.07) is 12.5. The Morgan fingerprint density at radius 1 is 1.11 bits per heavy atom. The molecule has 0 unspecified atom stereocenters. The zero-order valence-electron chi connectivity index (χ0n) is 15.3. The van der Waals surface area contributed by atoms with Gasteiger partial charge in [0.25, 0.3) is 11.5 Å². The van der Waals surface area contributed by atoms with Crippen LogP contribution in [0, 0.1) is 11.7 Å². The van der Waals surface area contributed by atoms with Gasteiger partial charge in [-0.15, -0.1) is 0 Å². The predicted molar refractivity (Wildman–Crippen MR) is 101 cm³/mol. The lowest BCUT2D eigenvalue weighted by Crippen LogP contribution is -2.40. The van der Waals surface area contributed by atoms with E-state index in [0.717, 1.165) is 18.4 Å². The molecule has 7 heteroatoms. The summed E-state index contributed by atoms with van der Waals surface area (Å²) in [5, 5.41) is 4.45. The number of amides is 1. The molecule has 0 saturated carbocycles. The largest absolute Gasteiger partial charge is 0.459 e. The third-order valence-corrected chi connectivity index (χ3v) is 5.07. The van der Waals surface area contributed by atoms with Crippen molar-refractivity contribution in [2.24, 2.45) is 5.92 Å². The predicted octanol–water partition coefficient (Wildman–Crippen LogP) is 3.19. The van der Waals surface area contributed by atoms with Gasteiger partial charge in [-0.2, -0.15) is 5.10 Å². The van der Waals surface area contributed by atoms with Crippen molar-refractivity contribution in [3.8, 4) is 11.3 Å². The topological polar surface area (TPSA) is 68.3 Å². The number of carbonyl (C=O) groups excluding carboxylic acids is 1. The standard InChI is InChI=1S/C21H20FN3O3/c22-17-5-3-16(4-6-17)18-7-8-20(26)25(23-18)14-15-9-11-24(12-10-15)21(27)19-2-1-13-28-19/h1-8,13,15H,9-12,14H2. The molecule has 0 bridgehead atoms. The van der Waals surface area contributed by atoms with E-state index in [4.69, 9.17) is 4.42 Å². The van der Waals surface area contributed by atoms with E-state index >= 15 is 0 Å². The van der Waals surface area contributed by atoms with Crippen LogP contribution in [-0.2, 0) is 6.54 Å². The van der Waals surface area contributed by atoms with E-state index in [-0.39, 0.29) is 23.2 Å². The fraction of sp³-hybridized carbons (Fsp3) is 0.286. The smallest absolute Gasteiger partial charge is 0.289 e. The molecule has 1 aliphatic heterocycles. The number of likely N-dealkylation sites (tertiary alicyclic amines) is 1. The molecule has 1 fully saturated rings. The lowest BCUT2D eigenvalue weighted by molar-refractivity contribution is 0.0648. The number of hydrogen-bond donors (Lipinski definition) is 0. The van der Waals surface area contributed by atoms with Crippen molar-refractivity contribution < 1.29 is 13.6 Å². The minimum atomic E-state index is -0.312. The second-order valence-corrected chi connectivity index (χ2v) is 6.96. The Balaban J connectivity index is 1.42. The van der Waals surface area contributed by atoms with Crippen LogP contribution in [0.25, 0.3) is 11.3 Å². The van der Waals surface area contributed by atoms with Crippen molar-refractivity contribution in [1.82, 2.24) is 14.7 Å². The first-order chi connectivity index (χ1) is 13.6. The quantitative estimate of drug-likeness (QED) is 0.696. The average Bonchev–Trinajstić information content (AvgIpc) is 3.25. The minimum Gasteiger partial charge on any atom is -0.459 e. The van der Waals surface area contributed by atoms with Crippen molar-refractivity contribution in [1.29, 1.82) is 0 Å². The van der Waals surface area contributed by atoms with E-state index in [0.29, 0.717) is 31.1 Å². The summed E-state index contributed by atoms with van der Waals surface area (Å²) in [5.41, 5.74) is 1.22. The number of aromatic nitrogens is 2. The first kappa shape index (κ1) is 18.2. The summed E-state index contributed by atoms with van der Waals surface area (Å²) in [6.45, 7) is 1.74. The van der Waals surface area contributed by atoms with Gasteiger partial charge >= 0.3 is 0 Å². The number of furan rings is 1. The van der Waals surface area contributed by atoms with Crippen molar-refractivity contribution in [2.75, 3.05) is 13.1 Å². The Hall–Kier alpha value is -3.22. The Labute approximate surface area is 161 Å². The van der Waals surface area contributed by atoms with Crippen molar-refractivity contribution in [3.05, 3.63) is 76.7 Å². The summed E-state index contributed by atoms with van der Waals surface area (Å²) >= 11 is 0. The molecule has 6 nitrogen and oxygen atoms in total. The highest BCUT2D eigenvalue weighted by molar-refractivity contribution is 5.91. The minimum absolute atomic E-state index is 0.1000. The van der Waals surface area contributed by atoms with Crippen molar-refractivity contribution in [3.63, 3.8) is 0 Å². The van der Waals surface area contributed by atoms with Gasteiger partial charge < -0.3 is 9.32 Å². The number of rotatable bonds is 4. The van der Waals surface area contributed by atoms with Crippen molar-refractivity contribution in [2.45, 2.75) is 19.4 Å². The van der Waals surface area contributed by atoms with Crippen LogP contribution in [0.4, 0.5) is 4.39 Å². The highest BCUT2D eigenvalue weighted by Crippen LogP contribution is 2.21. The maximum atomic E-state index is 13.1. The molecule has 0 N–H and O–H groups in total. The Morgan fingerprint density at radius 2 is 1.86 bits per heavy atom. The fourth-order valence-electron chi connectivity index (χ4n) is 3.47. The molecule has 1 saturated heterocycles. The second-order valence-electron chi connectivity index (χ2n) is 6.96. The molecule has 2 aromatic heterocycles. The highest BCUT2D eigenvalue weighted by Gasteiger charge is 2.25. The lowest BCUT2D eigenvalue weighted by atomic mass is 9.96. The second kappa shape index (κ2) is 7.80. The molecule has 1 amide bonds. The van der Waals surface area contributed by atoms with Gasteiger partial charge in [-0.05, 0) is 61.2 Å². The summed E-state index contributed by atoms with van der Waals surface area (Å²) in [4.78, 5) is 26.3. The zero-order valence-corrected chi connectivity index (χ0v) is 15.3. The van der Waals surface area contributed by atoms with Gasteiger partial charge in [0.05, 0.1) is 12.0 Å². The molecule has 0 aliphatic carbocycles. The monoisotopic (exact) mass is 381 g/mol. The summed E-state index contributed by atoms with van der Waals surface area (Å²) in [5.74, 6) is 0.197. The molecule has 28 heavy (non-hydrogen) atoms. The van der Waals surface area contributed by atoms with Crippen LogP contribution in [0.1, 0.15) is 23.4 Å². The SMILES string of the molecule is O=C(c1ccco1)N1CCC(Cn2nc(-c3ccc(F)cc3)ccc2=O)CC1. The number of benzene rings is 1. The molecule has 3 heterocycles. The first-order valence-electron chi connectivity index (χ1n) is 9.27. The van der Waals surface area contributed by atoms with E-state index in [9.17, 15) is 14.0 Å². The fourth-order valence-corrected chi connectivity index (χ4v) is 3.47. The van der Waals surface area contributed by atoms with Gasteiger partial charge in [0.15, 0.2) is 5.76 Å². The van der Waals surface area contributed by atoms with Crippen LogP contribution in [0.15, 0.2) is 64.0 Å². The number of piperidine rings is 1. The van der Waals surface area contributed by atoms with Gasteiger partial charge in [0.2, 0.25) is 0 Å².